The van der Waals surface area contributed by atoms with Crippen molar-refractivity contribution in [2.24, 2.45) is 10.5 Å². The summed E-state index contributed by atoms with van der Waals surface area (Å²) in [6.45, 7) is 3.02. The molecule has 36 heavy (non-hydrogen) atoms. The molecule has 3 rings (SSSR count). The zero-order valence-corrected chi connectivity index (χ0v) is 20.7. The Kier molecular flexibility index (Phi) is 7.63. The number of amides is 4. The van der Waals surface area contributed by atoms with Crippen molar-refractivity contribution in [1.82, 2.24) is 9.91 Å². The minimum atomic E-state index is -4.59. The zero-order chi connectivity index (χ0) is 26.8. The number of hydrazone groups is 1. The second-order valence-electron chi connectivity index (χ2n) is 8.41. The van der Waals surface area contributed by atoms with Crippen LogP contribution in [0.25, 0.3) is 0 Å². The molecule has 0 saturated carbocycles. The predicted molar refractivity (Wildman–Crippen MR) is 128 cm³/mol. The van der Waals surface area contributed by atoms with E-state index in [-0.39, 0.29) is 24.6 Å². The van der Waals surface area contributed by atoms with Gasteiger partial charge in [-0.3, -0.25) is 4.79 Å². The van der Waals surface area contributed by atoms with Crippen LogP contribution in [0, 0.1) is 5.41 Å². The SMILES string of the molecule is CCOC(=O)C1(C)CN(C(=O)N(C(=O)N(C)C)c2ccc(C(F)(F)F)cc2)N=C1c1ccc(Cl)cc1. The number of hydrogen-bond acceptors (Lipinski definition) is 5. The number of carbonyl (C=O) groups excluding carboxylic acids is 3. The Labute approximate surface area is 210 Å². The Bertz CT molecular complexity index is 1180. The van der Waals surface area contributed by atoms with Crippen molar-refractivity contribution in [2.45, 2.75) is 20.0 Å². The van der Waals surface area contributed by atoms with E-state index in [0.717, 1.165) is 34.2 Å². The van der Waals surface area contributed by atoms with Crippen LogP contribution in [-0.4, -0.2) is 60.9 Å². The van der Waals surface area contributed by atoms with Crippen molar-refractivity contribution in [3.05, 3.63) is 64.7 Å². The number of carbonyl (C=O) groups is 3. The third kappa shape index (κ3) is 5.30. The molecule has 1 unspecified atom stereocenters. The van der Waals surface area contributed by atoms with Crippen molar-refractivity contribution in [3.63, 3.8) is 0 Å². The van der Waals surface area contributed by atoms with Crippen molar-refractivity contribution < 1.29 is 32.3 Å². The average molecular weight is 525 g/mol. The fourth-order valence-corrected chi connectivity index (χ4v) is 3.73. The van der Waals surface area contributed by atoms with Crippen LogP contribution in [-0.2, 0) is 15.7 Å². The van der Waals surface area contributed by atoms with Gasteiger partial charge in [0, 0.05) is 19.1 Å². The van der Waals surface area contributed by atoms with Gasteiger partial charge in [-0.25, -0.2) is 19.5 Å². The maximum absolute atomic E-state index is 13.6. The lowest BCUT2D eigenvalue weighted by Crippen LogP contribution is -2.50. The molecule has 1 heterocycles. The lowest BCUT2D eigenvalue weighted by atomic mass is 9.82. The van der Waals surface area contributed by atoms with Crippen LogP contribution in [0.1, 0.15) is 25.0 Å². The maximum atomic E-state index is 13.6. The Hall–Kier alpha value is -3.60. The van der Waals surface area contributed by atoms with Gasteiger partial charge in [-0.1, -0.05) is 23.7 Å². The highest BCUT2D eigenvalue weighted by molar-refractivity contribution is 6.30. The molecule has 0 saturated heterocycles. The average Bonchev–Trinajstić information content (AvgIpc) is 3.18. The third-order valence-corrected chi connectivity index (χ3v) is 5.74. The fourth-order valence-electron chi connectivity index (χ4n) is 3.60. The summed E-state index contributed by atoms with van der Waals surface area (Å²) in [4.78, 5) is 41.2. The predicted octanol–water partition coefficient (Wildman–Crippen LogP) is 5.26. The molecule has 1 aliphatic rings. The molecule has 12 heteroatoms. The molecule has 4 amide bonds. The number of urea groups is 2. The molecule has 0 spiro atoms. The normalized spacial score (nSPS) is 17.4. The van der Waals surface area contributed by atoms with E-state index >= 15 is 0 Å². The van der Waals surface area contributed by atoms with Crippen LogP contribution in [0.4, 0.5) is 28.4 Å². The van der Waals surface area contributed by atoms with Gasteiger partial charge in [-0.15, -0.1) is 0 Å². The first kappa shape index (κ1) is 27.0. The summed E-state index contributed by atoms with van der Waals surface area (Å²) in [6.07, 6.45) is -4.59. The highest BCUT2D eigenvalue weighted by Crippen LogP contribution is 2.35. The molecule has 0 radical (unpaired) electrons. The van der Waals surface area contributed by atoms with E-state index in [9.17, 15) is 27.6 Å². The quantitative estimate of drug-likeness (QED) is 0.511. The molecular weight excluding hydrogens is 501 g/mol. The van der Waals surface area contributed by atoms with Crippen molar-refractivity contribution >= 4 is 41.0 Å². The molecule has 1 atom stereocenters. The van der Waals surface area contributed by atoms with Crippen LogP contribution < -0.4 is 4.90 Å². The number of halogens is 4. The summed E-state index contributed by atoms with van der Waals surface area (Å²) in [7, 11) is 2.78. The number of nitrogens with zero attached hydrogens (tertiary/aromatic N) is 4. The van der Waals surface area contributed by atoms with E-state index in [0.29, 0.717) is 15.5 Å². The summed E-state index contributed by atoms with van der Waals surface area (Å²) in [5.74, 6) is -0.631. The number of ether oxygens (including phenoxy) is 1. The van der Waals surface area contributed by atoms with Crippen molar-refractivity contribution in [2.75, 3.05) is 32.1 Å². The molecule has 0 N–H and O–H groups in total. The Morgan fingerprint density at radius 1 is 1.08 bits per heavy atom. The van der Waals surface area contributed by atoms with Crippen LogP contribution in [0.15, 0.2) is 53.6 Å². The molecular formula is C24H24ClF3N4O4. The minimum absolute atomic E-state index is 0.0903. The molecule has 2 aromatic rings. The highest BCUT2D eigenvalue weighted by atomic mass is 35.5. The van der Waals surface area contributed by atoms with Crippen molar-refractivity contribution in [3.8, 4) is 0 Å². The van der Waals surface area contributed by atoms with Crippen LogP contribution in [0.2, 0.25) is 5.02 Å². The van der Waals surface area contributed by atoms with Crippen molar-refractivity contribution in [1.29, 1.82) is 0 Å². The number of hydrogen-bond donors (Lipinski definition) is 0. The zero-order valence-electron chi connectivity index (χ0n) is 20.0. The Morgan fingerprint density at radius 3 is 2.17 bits per heavy atom. The third-order valence-electron chi connectivity index (χ3n) is 5.49. The monoisotopic (exact) mass is 524 g/mol. The van der Waals surface area contributed by atoms with Gasteiger partial charge in [0.25, 0.3) is 0 Å². The summed E-state index contributed by atoms with van der Waals surface area (Å²) in [5, 5.41) is 5.74. The molecule has 2 aromatic carbocycles. The summed E-state index contributed by atoms with van der Waals surface area (Å²) in [6, 6.07) is 8.27. The second kappa shape index (κ2) is 10.2. The van der Waals surface area contributed by atoms with Crippen LogP contribution in [0.5, 0.6) is 0 Å². The number of esters is 1. The van der Waals surface area contributed by atoms with Gasteiger partial charge in [0.15, 0.2) is 0 Å². The molecule has 192 valence electrons. The van der Waals surface area contributed by atoms with E-state index in [2.05, 4.69) is 5.10 Å². The topological polar surface area (TPSA) is 82.5 Å². The van der Waals surface area contributed by atoms with E-state index in [1.54, 1.807) is 38.1 Å². The second-order valence-corrected chi connectivity index (χ2v) is 8.84. The van der Waals surface area contributed by atoms with E-state index < -0.39 is 35.2 Å². The lowest BCUT2D eigenvalue weighted by Gasteiger charge is -2.28. The minimum Gasteiger partial charge on any atom is -0.465 e. The van der Waals surface area contributed by atoms with Gasteiger partial charge in [-0.05, 0) is 55.8 Å². The number of imide groups is 1. The first-order valence-electron chi connectivity index (χ1n) is 10.8. The molecule has 0 fully saturated rings. The number of alkyl halides is 3. The number of rotatable bonds is 4. The fraction of sp³-hybridized carbons (Fsp3) is 0.333. The number of benzene rings is 2. The van der Waals surface area contributed by atoms with E-state index in [4.69, 9.17) is 16.3 Å². The first-order valence-corrected chi connectivity index (χ1v) is 11.2. The smallest absolute Gasteiger partial charge is 0.416 e. The molecule has 8 nitrogen and oxygen atoms in total. The highest BCUT2D eigenvalue weighted by Gasteiger charge is 2.50. The number of anilines is 1. The van der Waals surface area contributed by atoms with E-state index in [1.165, 1.54) is 14.1 Å². The van der Waals surface area contributed by atoms with Gasteiger partial charge in [-0.2, -0.15) is 18.3 Å². The standard InChI is InChI=1S/C24H24ClF3N4O4/c1-5-36-20(33)23(2)14-31(29-19(23)15-6-10-17(25)11-7-15)22(35)32(21(34)30(3)4)18-12-8-16(9-13-18)24(26,27)28/h6-13H,5,14H2,1-4H3. The maximum Gasteiger partial charge on any atom is 0.416 e. The summed E-state index contributed by atoms with van der Waals surface area (Å²) < 4.78 is 44.3. The molecule has 0 bridgehead atoms. The van der Waals surface area contributed by atoms with Gasteiger partial charge in [0.2, 0.25) is 0 Å². The largest absolute Gasteiger partial charge is 0.465 e. The first-order chi connectivity index (χ1) is 16.8. The van der Waals surface area contributed by atoms with Gasteiger partial charge >= 0.3 is 24.2 Å². The van der Waals surface area contributed by atoms with Gasteiger partial charge in [0.05, 0.1) is 30.1 Å². The van der Waals surface area contributed by atoms with Gasteiger partial charge < -0.3 is 9.64 Å². The summed E-state index contributed by atoms with van der Waals surface area (Å²) >= 11 is 5.98. The molecule has 0 aliphatic carbocycles. The molecule has 0 aromatic heterocycles. The summed E-state index contributed by atoms with van der Waals surface area (Å²) in [5.41, 5.74) is -1.69. The van der Waals surface area contributed by atoms with E-state index in [1.807, 2.05) is 0 Å². The Balaban J connectivity index is 2.06. The van der Waals surface area contributed by atoms with Crippen LogP contribution in [0.3, 0.4) is 0 Å². The van der Waals surface area contributed by atoms with Gasteiger partial charge in [0.1, 0.15) is 5.41 Å². The molecule has 1 aliphatic heterocycles. The Morgan fingerprint density at radius 2 is 1.67 bits per heavy atom. The lowest BCUT2D eigenvalue weighted by molar-refractivity contribution is -0.150. The van der Waals surface area contributed by atoms with Crippen LogP contribution >= 0.6 is 11.6 Å².